The number of carbonyl (C=O) groups is 1. The minimum Gasteiger partial charge on any atom is -0.481 e. The van der Waals surface area contributed by atoms with Gasteiger partial charge in [0, 0.05) is 0 Å². The van der Waals surface area contributed by atoms with E-state index in [2.05, 4.69) is 54.3 Å². The van der Waals surface area contributed by atoms with Crippen molar-refractivity contribution in [2.24, 2.45) is 5.92 Å². The normalized spacial score (nSPS) is 16.7. The van der Waals surface area contributed by atoms with Gasteiger partial charge >= 0.3 is 5.97 Å². The second-order valence-corrected chi connectivity index (χ2v) is 12.6. The highest BCUT2D eigenvalue weighted by Gasteiger charge is 2.41. The van der Waals surface area contributed by atoms with Gasteiger partial charge in [-0.3, -0.25) is 4.79 Å². The lowest BCUT2D eigenvalue weighted by Crippen LogP contribution is -2.48. The van der Waals surface area contributed by atoms with Crippen LogP contribution in [0.25, 0.3) is 0 Å². The second-order valence-electron chi connectivity index (χ2n) is 7.82. The van der Waals surface area contributed by atoms with Crippen LogP contribution in [0.2, 0.25) is 18.1 Å². The summed E-state index contributed by atoms with van der Waals surface area (Å²) in [7, 11) is -1.95. The van der Waals surface area contributed by atoms with E-state index in [4.69, 9.17) is 14.3 Å². The molecule has 0 aliphatic heterocycles. The van der Waals surface area contributed by atoms with E-state index in [1.807, 2.05) is 6.08 Å². The minimum absolute atomic E-state index is 0.0132. The van der Waals surface area contributed by atoms with E-state index < -0.39 is 14.3 Å². The SMILES string of the molecule is C=CC(O[Si](C)(C)C(C)(C)C)[C@@H](OCCC(=O)O)[C@H](C)CCC. The van der Waals surface area contributed by atoms with E-state index in [0.717, 1.165) is 12.8 Å². The number of rotatable bonds is 11. The quantitative estimate of drug-likeness (QED) is 0.429. The van der Waals surface area contributed by atoms with E-state index in [0.29, 0.717) is 5.92 Å². The van der Waals surface area contributed by atoms with Crippen LogP contribution in [-0.2, 0) is 14.0 Å². The Morgan fingerprint density at radius 3 is 2.30 bits per heavy atom. The van der Waals surface area contributed by atoms with Gasteiger partial charge in [0.05, 0.1) is 25.2 Å². The van der Waals surface area contributed by atoms with E-state index in [1.54, 1.807) is 0 Å². The maximum Gasteiger partial charge on any atom is 0.305 e. The molecule has 0 aliphatic rings. The Kier molecular flexibility index (Phi) is 9.32. The van der Waals surface area contributed by atoms with Crippen molar-refractivity contribution in [3.63, 3.8) is 0 Å². The summed E-state index contributed by atoms with van der Waals surface area (Å²) in [6.07, 6.45) is 3.55. The molecular weight excluding hydrogens is 308 g/mol. The Morgan fingerprint density at radius 2 is 1.91 bits per heavy atom. The zero-order valence-corrected chi connectivity index (χ0v) is 17.0. The van der Waals surface area contributed by atoms with Gasteiger partial charge in [0.25, 0.3) is 0 Å². The first-order valence-electron chi connectivity index (χ1n) is 8.60. The van der Waals surface area contributed by atoms with Crippen LogP contribution in [0.3, 0.4) is 0 Å². The van der Waals surface area contributed by atoms with Crippen molar-refractivity contribution in [3.8, 4) is 0 Å². The van der Waals surface area contributed by atoms with Gasteiger partial charge in [-0.1, -0.05) is 47.1 Å². The average molecular weight is 345 g/mol. The second kappa shape index (κ2) is 9.60. The summed E-state index contributed by atoms with van der Waals surface area (Å²) in [5.41, 5.74) is 0. The molecule has 0 radical (unpaired) electrons. The molecule has 0 spiro atoms. The smallest absolute Gasteiger partial charge is 0.305 e. The first-order valence-corrected chi connectivity index (χ1v) is 11.5. The largest absolute Gasteiger partial charge is 0.481 e. The Morgan fingerprint density at radius 1 is 1.35 bits per heavy atom. The molecule has 23 heavy (non-hydrogen) atoms. The molecule has 3 atom stereocenters. The van der Waals surface area contributed by atoms with Crippen LogP contribution in [-0.4, -0.2) is 38.2 Å². The third-order valence-electron chi connectivity index (χ3n) is 4.72. The molecule has 5 heteroatoms. The molecule has 0 aliphatic carbocycles. The molecule has 0 heterocycles. The molecule has 0 rings (SSSR count). The molecule has 0 saturated carbocycles. The zero-order chi connectivity index (χ0) is 18.3. The molecule has 0 aromatic heterocycles. The summed E-state index contributed by atoms with van der Waals surface area (Å²) in [5, 5.41) is 8.94. The minimum atomic E-state index is -1.95. The molecule has 0 aromatic rings. The third-order valence-corrected chi connectivity index (χ3v) is 9.20. The predicted octanol–water partition coefficient (Wildman–Crippen LogP) is 4.86. The zero-order valence-electron chi connectivity index (χ0n) is 16.0. The Labute approximate surface area is 143 Å². The molecule has 1 unspecified atom stereocenters. The molecule has 0 fully saturated rings. The maximum atomic E-state index is 10.8. The van der Waals surface area contributed by atoms with Gasteiger partial charge in [-0.05, 0) is 30.5 Å². The van der Waals surface area contributed by atoms with Crippen molar-refractivity contribution in [2.45, 2.75) is 84.2 Å². The fourth-order valence-corrected chi connectivity index (χ4v) is 3.52. The van der Waals surface area contributed by atoms with E-state index in [-0.39, 0.29) is 30.3 Å². The summed E-state index contributed by atoms with van der Waals surface area (Å²) < 4.78 is 12.4. The molecule has 0 saturated heterocycles. The predicted molar refractivity (Wildman–Crippen MR) is 98.3 cm³/mol. The highest BCUT2D eigenvalue weighted by Crippen LogP contribution is 2.38. The number of aliphatic carboxylic acids is 1. The van der Waals surface area contributed by atoms with Crippen LogP contribution in [0.15, 0.2) is 12.7 Å². The standard InChI is InChI=1S/C18H36O4Si/c1-9-11-14(3)17(21-13-12-16(19)20)15(10-2)22-23(7,8)18(4,5)6/h10,14-15,17H,2,9,11-13H2,1,3-8H3,(H,19,20)/t14-,15?,17+/m1/s1. The van der Waals surface area contributed by atoms with Gasteiger partial charge < -0.3 is 14.3 Å². The molecule has 0 aromatic carbocycles. The summed E-state index contributed by atoms with van der Waals surface area (Å²) in [4.78, 5) is 10.8. The molecular formula is C18H36O4Si. The lowest BCUT2D eigenvalue weighted by atomic mass is 9.95. The molecule has 1 N–H and O–H groups in total. The monoisotopic (exact) mass is 344 g/mol. The van der Waals surface area contributed by atoms with Crippen molar-refractivity contribution in [1.29, 1.82) is 0 Å². The van der Waals surface area contributed by atoms with Crippen LogP contribution >= 0.6 is 0 Å². The van der Waals surface area contributed by atoms with E-state index in [1.165, 1.54) is 0 Å². The van der Waals surface area contributed by atoms with Crippen molar-refractivity contribution in [3.05, 3.63) is 12.7 Å². The van der Waals surface area contributed by atoms with Crippen molar-refractivity contribution >= 4 is 14.3 Å². The van der Waals surface area contributed by atoms with Gasteiger partial charge in [-0.15, -0.1) is 6.58 Å². The average Bonchev–Trinajstić information content (AvgIpc) is 2.40. The Hall–Kier alpha value is -0.653. The number of hydrogen-bond acceptors (Lipinski definition) is 3. The number of carboxylic acid groups (broad SMARTS) is 1. The fourth-order valence-electron chi connectivity index (χ4n) is 2.25. The molecule has 0 amide bonds. The maximum absolute atomic E-state index is 10.8. The topological polar surface area (TPSA) is 55.8 Å². The Bertz CT molecular complexity index is 374. The summed E-state index contributed by atoms with van der Waals surface area (Å²) in [6, 6.07) is 0. The number of ether oxygens (including phenoxy) is 1. The highest BCUT2D eigenvalue weighted by molar-refractivity contribution is 6.74. The van der Waals surface area contributed by atoms with Gasteiger partial charge in [-0.2, -0.15) is 0 Å². The summed E-state index contributed by atoms with van der Waals surface area (Å²) >= 11 is 0. The van der Waals surface area contributed by atoms with Gasteiger partial charge in [0.2, 0.25) is 0 Å². The van der Waals surface area contributed by atoms with Crippen LogP contribution in [0.1, 0.15) is 53.9 Å². The molecule has 4 nitrogen and oxygen atoms in total. The van der Waals surface area contributed by atoms with Gasteiger partial charge in [-0.25, -0.2) is 0 Å². The first-order chi connectivity index (χ1) is 10.5. The van der Waals surface area contributed by atoms with E-state index in [9.17, 15) is 4.79 Å². The third kappa shape index (κ3) is 7.64. The molecule has 0 bridgehead atoms. The Balaban J connectivity index is 5.13. The van der Waals surface area contributed by atoms with Gasteiger partial charge in [0.15, 0.2) is 8.32 Å². The fraction of sp³-hybridized carbons (Fsp3) is 0.833. The van der Waals surface area contributed by atoms with Crippen LogP contribution < -0.4 is 0 Å². The summed E-state index contributed by atoms with van der Waals surface area (Å²) in [6.45, 7) is 19.5. The number of hydrogen-bond donors (Lipinski definition) is 1. The van der Waals surface area contributed by atoms with Crippen molar-refractivity contribution < 1.29 is 19.1 Å². The van der Waals surface area contributed by atoms with Crippen LogP contribution in [0, 0.1) is 5.92 Å². The highest BCUT2D eigenvalue weighted by atomic mass is 28.4. The lowest BCUT2D eigenvalue weighted by molar-refractivity contribution is -0.139. The van der Waals surface area contributed by atoms with Crippen LogP contribution in [0.4, 0.5) is 0 Å². The van der Waals surface area contributed by atoms with Crippen molar-refractivity contribution in [2.75, 3.05) is 6.61 Å². The molecule has 136 valence electrons. The van der Waals surface area contributed by atoms with Crippen molar-refractivity contribution in [1.82, 2.24) is 0 Å². The van der Waals surface area contributed by atoms with E-state index >= 15 is 0 Å². The number of carboxylic acids is 1. The first kappa shape index (κ1) is 22.3. The lowest BCUT2D eigenvalue weighted by Gasteiger charge is -2.41. The van der Waals surface area contributed by atoms with Gasteiger partial charge in [0.1, 0.15) is 0 Å². The van der Waals surface area contributed by atoms with Crippen LogP contribution in [0.5, 0.6) is 0 Å². The summed E-state index contributed by atoms with van der Waals surface area (Å²) in [5.74, 6) is -0.547.